The van der Waals surface area contributed by atoms with Crippen molar-refractivity contribution in [3.8, 4) is 11.5 Å². The van der Waals surface area contributed by atoms with Crippen molar-refractivity contribution in [2.75, 3.05) is 0 Å². The zero-order valence-corrected chi connectivity index (χ0v) is 16.3. The molecule has 0 radical (unpaired) electrons. The second-order valence-corrected chi connectivity index (χ2v) is 6.27. The third kappa shape index (κ3) is 5.43. The number of aromatic hydroxyl groups is 2. The van der Waals surface area contributed by atoms with Crippen LogP contribution >= 0.6 is 0 Å². The van der Waals surface area contributed by atoms with Crippen LogP contribution in [-0.2, 0) is 6.54 Å². The summed E-state index contributed by atoms with van der Waals surface area (Å²) in [4.78, 5) is 0. The summed E-state index contributed by atoms with van der Waals surface area (Å²) in [6.07, 6.45) is 1.59. The number of nitrogens with two attached hydrogens (primary N) is 2. The number of nitrogens with zero attached hydrogens (tertiary/aromatic N) is 1. The SMILES string of the molecule is CC.Cc1ccccc1CN(N)/C=C(\N)c1cc(C(C)C)c(O)cc1O. The van der Waals surface area contributed by atoms with Crippen LogP contribution < -0.4 is 11.6 Å². The molecule has 5 heteroatoms. The molecule has 2 rings (SSSR count). The average Bonchev–Trinajstić information content (AvgIpc) is 2.58. The van der Waals surface area contributed by atoms with Gasteiger partial charge in [0.25, 0.3) is 0 Å². The monoisotopic (exact) mass is 357 g/mol. The second kappa shape index (κ2) is 9.73. The van der Waals surface area contributed by atoms with Gasteiger partial charge in [-0.3, -0.25) is 0 Å². The van der Waals surface area contributed by atoms with Crippen LogP contribution in [-0.4, -0.2) is 15.2 Å². The first-order valence-corrected chi connectivity index (χ1v) is 8.89. The summed E-state index contributed by atoms with van der Waals surface area (Å²) in [7, 11) is 0. The van der Waals surface area contributed by atoms with Gasteiger partial charge in [0.2, 0.25) is 0 Å². The molecule has 0 spiro atoms. The molecule has 0 bridgehead atoms. The lowest BCUT2D eigenvalue weighted by atomic mass is 9.98. The molecule has 0 aliphatic heterocycles. The molecule has 0 unspecified atom stereocenters. The molecule has 0 fully saturated rings. The Morgan fingerprint density at radius 1 is 1.12 bits per heavy atom. The third-order valence-electron chi connectivity index (χ3n) is 4.00. The van der Waals surface area contributed by atoms with Gasteiger partial charge < -0.3 is 21.0 Å². The fourth-order valence-electron chi connectivity index (χ4n) is 2.57. The minimum atomic E-state index is -0.0741. The number of phenols is 2. The zero-order chi connectivity index (χ0) is 19.9. The van der Waals surface area contributed by atoms with Gasteiger partial charge in [-0.25, -0.2) is 5.84 Å². The topological polar surface area (TPSA) is 95.7 Å². The van der Waals surface area contributed by atoms with E-state index < -0.39 is 0 Å². The normalized spacial score (nSPS) is 11.1. The van der Waals surface area contributed by atoms with Crippen LogP contribution in [0.3, 0.4) is 0 Å². The molecular formula is C21H31N3O2. The molecule has 0 aliphatic rings. The summed E-state index contributed by atoms with van der Waals surface area (Å²) in [5.74, 6) is 6.13. The minimum absolute atomic E-state index is 0.0589. The molecule has 2 aromatic rings. The Hall–Kier alpha value is -2.66. The van der Waals surface area contributed by atoms with Crippen molar-refractivity contribution in [3.63, 3.8) is 0 Å². The van der Waals surface area contributed by atoms with Crippen LogP contribution in [0.2, 0.25) is 0 Å². The van der Waals surface area contributed by atoms with Crippen LogP contribution in [0.15, 0.2) is 42.6 Å². The lowest BCUT2D eigenvalue weighted by molar-refractivity contribution is 0.386. The van der Waals surface area contributed by atoms with Crippen LogP contribution in [0.25, 0.3) is 5.70 Å². The summed E-state index contributed by atoms with van der Waals surface area (Å²) in [6, 6.07) is 11.0. The molecule has 0 aromatic heterocycles. The first-order valence-electron chi connectivity index (χ1n) is 8.89. The molecule has 142 valence electrons. The van der Waals surface area contributed by atoms with Crippen molar-refractivity contribution >= 4 is 5.70 Å². The second-order valence-electron chi connectivity index (χ2n) is 6.27. The van der Waals surface area contributed by atoms with E-state index in [2.05, 4.69) is 0 Å². The van der Waals surface area contributed by atoms with Crippen molar-refractivity contribution in [2.24, 2.45) is 11.6 Å². The molecule has 0 heterocycles. The molecule has 0 amide bonds. The van der Waals surface area contributed by atoms with Gasteiger partial charge in [0, 0.05) is 17.8 Å². The predicted molar refractivity (Wildman–Crippen MR) is 108 cm³/mol. The van der Waals surface area contributed by atoms with Crippen molar-refractivity contribution in [3.05, 3.63) is 64.9 Å². The van der Waals surface area contributed by atoms with Gasteiger partial charge >= 0.3 is 0 Å². The Morgan fingerprint density at radius 3 is 2.31 bits per heavy atom. The smallest absolute Gasteiger partial charge is 0.128 e. The largest absolute Gasteiger partial charge is 0.508 e. The Labute approximate surface area is 156 Å². The third-order valence-corrected chi connectivity index (χ3v) is 4.00. The van der Waals surface area contributed by atoms with Crippen molar-refractivity contribution in [1.82, 2.24) is 5.01 Å². The lowest BCUT2D eigenvalue weighted by Gasteiger charge is -2.18. The summed E-state index contributed by atoms with van der Waals surface area (Å²) in [5.41, 5.74) is 9.87. The van der Waals surface area contributed by atoms with Gasteiger partial charge in [-0.1, -0.05) is 52.0 Å². The van der Waals surface area contributed by atoms with E-state index in [-0.39, 0.29) is 17.4 Å². The molecule has 26 heavy (non-hydrogen) atoms. The van der Waals surface area contributed by atoms with E-state index in [9.17, 15) is 10.2 Å². The molecule has 0 atom stereocenters. The highest BCUT2D eigenvalue weighted by Crippen LogP contribution is 2.34. The highest BCUT2D eigenvalue weighted by Gasteiger charge is 2.13. The number of rotatable bonds is 5. The minimum Gasteiger partial charge on any atom is -0.508 e. The highest BCUT2D eigenvalue weighted by molar-refractivity contribution is 5.70. The summed E-state index contributed by atoms with van der Waals surface area (Å²) in [5, 5.41) is 21.5. The van der Waals surface area contributed by atoms with Crippen LogP contribution in [0.4, 0.5) is 0 Å². The maximum atomic E-state index is 10.1. The molecule has 6 N–H and O–H groups in total. The molecule has 0 saturated heterocycles. The van der Waals surface area contributed by atoms with E-state index >= 15 is 0 Å². The maximum Gasteiger partial charge on any atom is 0.128 e. The van der Waals surface area contributed by atoms with E-state index in [1.54, 1.807) is 12.3 Å². The average molecular weight is 357 g/mol. The van der Waals surface area contributed by atoms with Crippen LogP contribution in [0.5, 0.6) is 11.5 Å². The predicted octanol–water partition coefficient (Wildman–Crippen LogP) is 4.19. The number of phenolic OH excluding ortho intramolecular Hbond substituents is 2. The zero-order valence-electron chi connectivity index (χ0n) is 16.3. The molecular weight excluding hydrogens is 326 g/mol. The van der Waals surface area contributed by atoms with E-state index in [1.807, 2.05) is 58.9 Å². The number of hydrogen-bond donors (Lipinski definition) is 4. The van der Waals surface area contributed by atoms with Gasteiger partial charge in [0.15, 0.2) is 0 Å². The Bertz CT molecular complexity index is 755. The number of hydrogen-bond acceptors (Lipinski definition) is 5. The molecule has 2 aromatic carbocycles. The van der Waals surface area contributed by atoms with Gasteiger partial charge in [-0.15, -0.1) is 0 Å². The molecule has 0 aliphatic carbocycles. The fraction of sp³-hybridized carbons (Fsp3) is 0.333. The Morgan fingerprint density at radius 2 is 1.73 bits per heavy atom. The van der Waals surface area contributed by atoms with E-state index in [0.29, 0.717) is 17.8 Å². The van der Waals surface area contributed by atoms with Crippen LogP contribution in [0.1, 0.15) is 55.9 Å². The molecule has 0 saturated carbocycles. The van der Waals surface area contributed by atoms with Crippen molar-refractivity contribution < 1.29 is 10.2 Å². The fourth-order valence-corrected chi connectivity index (χ4v) is 2.57. The van der Waals surface area contributed by atoms with Crippen molar-refractivity contribution in [2.45, 2.75) is 47.1 Å². The number of hydrazine groups is 1. The molecule has 5 nitrogen and oxygen atoms in total. The maximum absolute atomic E-state index is 10.1. The first-order chi connectivity index (χ1) is 12.3. The van der Waals surface area contributed by atoms with E-state index in [4.69, 9.17) is 11.6 Å². The van der Waals surface area contributed by atoms with Gasteiger partial charge in [0.1, 0.15) is 11.5 Å². The standard InChI is InChI=1S/C19H25N3O2.C2H6/c1-12(2)15-8-16(19(24)9-18(15)23)17(20)11-22(21)10-14-7-5-4-6-13(14)3;1-2/h4-9,11-12,23-24H,10,20-21H2,1-3H3;1-2H3/b17-11-;. The summed E-state index contributed by atoms with van der Waals surface area (Å²) in [6.45, 7) is 10.5. The highest BCUT2D eigenvalue weighted by atomic mass is 16.3. The van der Waals surface area contributed by atoms with Gasteiger partial charge in [-0.05, 0) is 35.6 Å². The Kier molecular flexibility index (Phi) is 8.00. The van der Waals surface area contributed by atoms with E-state index in [0.717, 1.165) is 16.7 Å². The number of benzene rings is 2. The summed E-state index contributed by atoms with van der Waals surface area (Å²) < 4.78 is 0. The van der Waals surface area contributed by atoms with Gasteiger partial charge in [0.05, 0.1) is 12.2 Å². The van der Waals surface area contributed by atoms with Crippen molar-refractivity contribution in [1.29, 1.82) is 0 Å². The van der Waals surface area contributed by atoms with Gasteiger partial charge in [-0.2, -0.15) is 0 Å². The van der Waals surface area contributed by atoms with E-state index in [1.165, 1.54) is 11.1 Å². The van der Waals surface area contributed by atoms with Crippen LogP contribution in [0, 0.1) is 6.92 Å². The first kappa shape index (κ1) is 21.4. The number of aryl methyl sites for hydroxylation is 1. The summed E-state index contributed by atoms with van der Waals surface area (Å²) >= 11 is 0. The lowest BCUT2D eigenvalue weighted by Crippen LogP contribution is -2.26. The Balaban J connectivity index is 0.00000163. The quantitative estimate of drug-likeness (QED) is 0.475.